The van der Waals surface area contributed by atoms with Gasteiger partial charge in [-0.05, 0) is 30.6 Å². The number of amides is 4. The SMILES string of the molecule is CCC(C)C1NC(=O)c2csc(n2)C(C(C)C)NC(=O)C2N=C(OC2C)C(C(C)C)NC(=O)c2csc(n2)C(C(C)C)NC(=O)C2COC1=N2. The minimum absolute atomic E-state index is 0.0269. The zero-order chi connectivity index (χ0) is 36.4. The van der Waals surface area contributed by atoms with Crippen LogP contribution in [0.2, 0.25) is 0 Å². The first-order valence-electron chi connectivity index (χ1n) is 17.3. The summed E-state index contributed by atoms with van der Waals surface area (Å²) in [6, 6.07) is -3.86. The van der Waals surface area contributed by atoms with Gasteiger partial charge in [0.25, 0.3) is 11.8 Å². The maximum atomic E-state index is 13.7. The topological polar surface area (TPSA) is 185 Å². The predicted octanol–water partition coefficient (Wildman–Crippen LogP) is 3.82. The van der Waals surface area contributed by atoms with Gasteiger partial charge in [-0.2, -0.15) is 0 Å². The van der Waals surface area contributed by atoms with Crippen molar-refractivity contribution in [2.75, 3.05) is 6.61 Å². The summed E-state index contributed by atoms with van der Waals surface area (Å²) in [6.45, 7) is 17.5. The third kappa shape index (κ3) is 8.01. The molecule has 0 aliphatic carbocycles. The number of thiazole rings is 2. The second-order valence-corrected chi connectivity index (χ2v) is 15.9. The number of nitrogens with one attached hydrogen (secondary N) is 4. The van der Waals surface area contributed by atoms with Crippen molar-refractivity contribution in [3.63, 3.8) is 0 Å². The summed E-state index contributed by atoms with van der Waals surface area (Å²) in [5, 5.41) is 16.6. The third-order valence-corrected chi connectivity index (χ3v) is 11.1. The summed E-state index contributed by atoms with van der Waals surface area (Å²) < 4.78 is 12.0. The molecule has 5 rings (SSSR count). The Morgan fingerprint density at radius 1 is 0.720 bits per heavy atom. The Bertz CT molecular complexity index is 1650. The summed E-state index contributed by atoms with van der Waals surface area (Å²) >= 11 is 2.56. The molecular weight excluding hydrogens is 681 g/mol. The van der Waals surface area contributed by atoms with Crippen molar-refractivity contribution < 1.29 is 28.7 Å². The highest BCUT2D eigenvalue weighted by Gasteiger charge is 2.40. The lowest BCUT2D eigenvalue weighted by Gasteiger charge is -2.23. The number of rotatable bonds is 5. The van der Waals surface area contributed by atoms with Crippen LogP contribution in [0.25, 0.3) is 0 Å². The van der Waals surface area contributed by atoms with E-state index in [0.29, 0.717) is 10.0 Å². The highest BCUT2D eigenvalue weighted by atomic mass is 32.1. The molecule has 2 aromatic rings. The number of carbonyl (C=O) groups is 4. The molecule has 0 aromatic carbocycles. The van der Waals surface area contributed by atoms with Gasteiger partial charge in [-0.25, -0.2) is 20.0 Å². The highest BCUT2D eigenvalue weighted by molar-refractivity contribution is 7.10. The molecule has 272 valence electrons. The van der Waals surface area contributed by atoms with Gasteiger partial charge in [-0.15, -0.1) is 22.7 Å². The molecule has 4 amide bonds. The van der Waals surface area contributed by atoms with Gasteiger partial charge in [0, 0.05) is 10.8 Å². The lowest BCUT2D eigenvalue weighted by Crippen LogP contribution is -2.45. The second kappa shape index (κ2) is 15.5. The zero-order valence-corrected chi connectivity index (χ0v) is 31.6. The minimum Gasteiger partial charge on any atom is -0.477 e. The van der Waals surface area contributed by atoms with Crippen molar-refractivity contribution in [2.45, 2.75) is 111 Å². The molecule has 0 saturated heterocycles. The van der Waals surface area contributed by atoms with Crippen LogP contribution in [0.3, 0.4) is 0 Å². The van der Waals surface area contributed by atoms with E-state index < -0.39 is 54.2 Å². The minimum atomic E-state index is -0.855. The Labute approximate surface area is 300 Å². The van der Waals surface area contributed by atoms with Crippen LogP contribution in [0.4, 0.5) is 0 Å². The first-order chi connectivity index (χ1) is 23.7. The first-order valence-corrected chi connectivity index (χ1v) is 19.0. The van der Waals surface area contributed by atoms with E-state index >= 15 is 0 Å². The second-order valence-electron chi connectivity index (χ2n) is 14.2. The van der Waals surface area contributed by atoms with Crippen LogP contribution in [0.5, 0.6) is 0 Å². The Hall–Kier alpha value is -3.92. The molecule has 3 aliphatic rings. The molecule has 0 spiro atoms. The molecule has 50 heavy (non-hydrogen) atoms. The number of fused-ring (bicyclic) bond motifs is 6. The highest BCUT2D eigenvalue weighted by Crippen LogP contribution is 2.29. The van der Waals surface area contributed by atoms with E-state index in [1.807, 2.05) is 55.4 Å². The van der Waals surface area contributed by atoms with Gasteiger partial charge >= 0.3 is 0 Å². The number of carbonyl (C=O) groups excluding carboxylic acids is 4. The lowest BCUT2D eigenvalue weighted by molar-refractivity contribution is -0.125. The van der Waals surface area contributed by atoms with Crippen LogP contribution in [0, 0.1) is 23.7 Å². The molecule has 14 nitrogen and oxygen atoms in total. The smallest absolute Gasteiger partial charge is 0.271 e. The molecule has 3 aliphatic heterocycles. The summed E-state index contributed by atoms with van der Waals surface area (Å²) in [6.07, 6.45) is 0.136. The van der Waals surface area contributed by atoms with E-state index in [2.05, 4.69) is 41.2 Å². The standard InChI is InChI=1S/C34H48N8O6S2/c1-10-17(8)25-31-35-19(11-47-31)27(43)39-23(15(4)5)33-36-20(12-49-33)28(44)38-22(14(2)3)32-42-26(18(9)48-32)30(46)40-24(16(6)7)34-37-21(13-50-34)29(45)41-25/h12-19,22-26H,10-11H2,1-9H3,(H,38,44)(H,39,43)(H,40,46)(H,41,45). The molecule has 8 atom stereocenters. The molecule has 16 heteroatoms. The number of ether oxygens (including phenoxy) is 2. The van der Waals surface area contributed by atoms with Gasteiger partial charge in [0.1, 0.15) is 46.2 Å². The fourth-order valence-corrected chi connectivity index (χ4v) is 7.90. The number of aromatic nitrogens is 2. The van der Waals surface area contributed by atoms with Crippen LogP contribution in [0.15, 0.2) is 20.7 Å². The number of hydrogen-bond donors (Lipinski definition) is 4. The predicted molar refractivity (Wildman–Crippen MR) is 191 cm³/mol. The van der Waals surface area contributed by atoms with Crippen molar-refractivity contribution in [1.82, 2.24) is 31.2 Å². The van der Waals surface area contributed by atoms with Crippen molar-refractivity contribution in [3.8, 4) is 0 Å². The average molecular weight is 729 g/mol. The fraction of sp³-hybridized carbons (Fsp3) is 0.647. The Kier molecular flexibility index (Phi) is 11.6. The molecular formula is C34H48N8O6S2. The first kappa shape index (κ1) is 37.3. The number of hydrogen-bond acceptors (Lipinski definition) is 12. The molecule has 2 aromatic heterocycles. The quantitative estimate of drug-likeness (QED) is 0.358. The molecule has 8 bridgehead atoms. The number of aliphatic imine (C=N–C) groups is 2. The van der Waals surface area contributed by atoms with Crippen LogP contribution >= 0.6 is 22.7 Å². The lowest BCUT2D eigenvalue weighted by atomic mass is 9.98. The van der Waals surface area contributed by atoms with Crippen molar-refractivity contribution >= 4 is 58.1 Å². The van der Waals surface area contributed by atoms with E-state index in [9.17, 15) is 19.2 Å². The van der Waals surface area contributed by atoms with Crippen molar-refractivity contribution in [1.29, 1.82) is 0 Å². The van der Waals surface area contributed by atoms with E-state index in [1.165, 1.54) is 22.7 Å². The molecule has 4 N–H and O–H groups in total. The van der Waals surface area contributed by atoms with E-state index in [0.717, 1.165) is 6.42 Å². The molecule has 5 heterocycles. The van der Waals surface area contributed by atoms with Gasteiger partial charge in [0.2, 0.25) is 23.6 Å². The van der Waals surface area contributed by atoms with E-state index in [1.54, 1.807) is 17.7 Å². The Morgan fingerprint density at radius 2 is 1.24 bits per heavy atom. The van der Waals surface area contributed by atoms with Crippen molar-refractivity contribution in [2.24, 2.45) is 33.7 Å². The average Bonchev–Trinajstić information content (AvgIpc) is 3.89. The van der Waals surface area contributed by atoms with Crippen LogP contribution in [-0.4, -0.2) is 82.3 Å². The maximum absolute atomic E-state index is 13.7. The Morgan fingerprint density at radius 3 is 1.76 bits per heavy atom. The van der Waals surface area contributed by atoms with Crippen LogP contribution in [0.1, 0.15) is 112 Å². The molecule has 8 unspecified atom stereocenters. The fourth-order valence-electron chi connectivity index (χ4n) is 5.86. The van der Waals surface area contributed by atoms with Gasteiger partial charge in [0.15, 0.2) is 12.1 Å². The van der Waals surface area contributed by atoms with E-state index in [-0.39, 0.29) is 65.3 Å². The van der Waals surface area contributed by atoms with Gasteiger partial charge < -0.3 is 30.7 Å². The molecule has 0 radical (unpaired) electrons. The van der Waals surface area contributed by atoms with Crippen LogP contribution < -0.4 is 21.3 Å². The summed E-state index contributed by atoms with van der Waals surface area (Å²) in [7, 11) is 0. The molecule has 0 fully saturated rings. The van der Waals surface area contributed by atoms with Gasteiger partial charge in [0.05, 0.1) is 12.1 Å². The summed E-state index contributed by atoms with van der Waals surface area (Å²) in [5.41, 5.74) is 0.404. The van der Waals surface area contributed by atoms with E-state index in [4.69, 9.17) is 9.47 Å². The van der Waals surface area contributed by atoms with Gasteiger partial charge in [-0.1, -0.05) is 61.8 Å². The maximum Gasteiger partial charge on any atom is 0.271 e. The van der Waals surface area contributed by atoms with Crippen LogP contribution in [-0.2, 0) is 19.1 Å². The summed E-state index contributed by atoms with van der Waals surface area (Å²) in [5.74, 6) is -1.24. The van der Waals surface area contributed by atoms with Crippen molar-refractivity contribution in [3.05, 3.63) is 32.2 Å². The normalized spacial score (nSPS) is 28.5. The monoisotopic (exact) mass is 728 g/mol. The molecule has 0 saturated carbocycles. The summed E-state index contributed by atoms with van der Waals surface area (Å²) in [4.78, 5) is 72.9. The largest absolute Gasteiger partial charge is 0.477 e. The van der Waals surface area contributed by atoms with Gasteiger partial charge in [-0.3, -0.25) is 19.2 Å². The number of nitrogens with zero attached hydrogens (tertiary/aromatic N) is 4. The zero-order valence-electron chi connectivity index (χ0n) is 30.0. The Balaban J connectivity index is 1.52. The third-order valence-electron chi connectivity index (χ3n) is 9.22.